The maximum atomic E-state index is 4.54. The summed E-state index contributed by atoms with van der Waals surface area (Å²) in [5, 5.41) is 11.7. The third kappa shape index (κ3) is 3.61. The van der Waals surface area contributed by atoms with Crippen molar-refractivity contribution in [2.75, 3.05) is 0 Å². The van der Waals surface area contributed by atoms with E-state index in [0.717, 1.165) is 24.9 Å². The van der Waals surface area contributed by atoms with Gasteiger partial charge in [-0.25, -0.2) is 4.68 Å². The number of nitrogens with zero attached hydrogens (tertiary/aromatic N) is 4. The fraction of sp³-hybridized carbons (Fsp3) is 0.350. The summed E-state index contributed by atoms with van der Waals surface area (Å²) in [6.07, 6.45) is 9.94. The first-order valence-electron chi connectivity index (χ1n) is 8.95. The second-order valence-corrected chi connectivity index (χ2v) is 6.71. The van der Waals surface area contributed by atoms with Crippen LogP contribution in [0.3, 0.4) is 0 Å². The maximum absolute atomic E-state index is 4.54. The molecule has 3 aromatic rings. The standard InChI is InChI=1S/C20H23N5/c1-15(16-5-9-19(10-6-16)25-14-13-22-24-25)23-18-7-4-17-3-2-12-21-20(17)11-8-18/h2-3,5-6,9-10,12-15,18,23H,4,7-8,11H2,1H3/t15-,18-/m0/s1. The highest BCUT2D eigenvalue weighted by atomic mass is 15.4. The minimum atomic E-state index is 0.323. The molecule has 1 aliphatic carbocycles. The van der Waals surface area contributed by atoms with Crippen LogP contribution in [-0.4, -0.2) is 26.0 Å². The summed E-state index contributed by atoms with van der Waals surface area (Å²) in [6, 6.07) is 13.6. The molecular formula is C20H23N5. The van der Waals surface area contributed by atoms with Gasteiger partial charge in [-0.15, -0.1) is 5.10 Å². The molecular weight excluding hydrogens is 310 g/mol. The Labute approximate surface area is 148 Å². The van der Waals surface area contributed by atoms with Crippen LogP contribution < -0.4 is 5.32 Å². The van der Waals surface area contributed by atoms with Crippen molar-refractivity contribution in [1.82, 2.24) is 25.3 Å². The number of benzene rings is 1. The highest BCUT2D eigenvalue weighted by Crippen LogP contribution is 2.22. The molecule has 1 aromatic carbocycles. The second-order valence-electron chi connectivity index (χ2n) is 6.71. The molecule has 5 nitrogen and oxygen atoms in total. The molecule has 2 aromatic heterocycles. The van der Waals surface area contributed by atoms with Crippen molar-refractivity contribution >= 4 is 0 Å². The van der Waals surface area contributed by atoms with Crippen LogP contribution in [0, 0.1) is 0 Å². The summed E-state index contributed by atoms with van der Waals surface area (Å²) < 4.78 is 1.78. The zero-order valence-corrected chi connectivity index (χ0v) is 14.5. The van der Waals surface area contributed by atoms with Crippen molar-refractivity contribution < 1.29 is 0 Å². The zero-order valence-electron chi connectivity index (χ0n) is 14.5. The summed E-state index contributed by atoms with van der Waals surface area (Å²) in [5.41, 5.74) is 5.02. The van der Waals surface area contributed by atoms with E-state index in [9.17, 15) is 0 Å². The number of aromatic nitrogens is 4. The number of aryl methyl sites for hydroxylation is 2. The topological polar surface area (TPSA) is 55.6 Å². The molecule has 25 heavy (non-hydrogen) atoms. The van der Waals surface area contributed by atoms with E-state index in [2.05, 4.69) is 57.9 Å². The lowest BCUT2D eigenvalue weighted by molar-refractivity contribution is 0.416. The van der Waals surface area contributed by atoms with Crippen LogP contribution in [0.25, 0.3) is 5.69 Å². The Hall–Kier alpha value is -2.53. The molecule has 4 rings (SSSR count). The summed E-state index contributed by atoms with van der Waals surface area (Å²) in [7, 11) is 0. The number of hydrogen-bond donors (Lipinski definition) is 1. The zero-order chi connectivity index (χ0) is 17.1. The van der Waals surface area contributed by atoms with Gasteiger partial charge in [-0.1, -0.05) is 23.4 Å². The van der Waals surface area contributed by atoms with Crippen LogP contribution in [-0.2, 0) is 12.8 Å². The van der Waals surface area contributed by atoms with Crippen molar-refractivity contribution in [3.63, 3.8) is 0 Å². The van der Waals surface area contributed by atoms with Gasteiger partial charge in [0.05, 0.1) is 18.1 Å². The molecule has 2 heterocycles. The van der Waals surface area contributed by atoms with E-state index in [-0.39, 0.29) is 0 Å². The van der Waals surface area contributed by atoms with Crippen LogP contribution in [0.2, 0.25) is 0 Å². The number of fused-ring (bicyclic) bond motifs is 1. The Bertz CT molecular complexity index is 783. The summed E-state index contributed by atoms with van der Waals surface area (Å²) in [5.74, 6) is 0. The smallest absolute Gasteiger partial charge is 0.0697 e. The van der Waals surface area contributed by atoms with Gasteiger partial charge in [-0.3, -0.25) is 4.98 Å². The van der Waals surface area contributed by atoms with E-state index >= 15 is 0 Å². The van der Waals surface area contributed by atoms with Gasteiger partial charge in [0.2, 0.25) is 0 Å². The molecule has 0 aliphatic heterocycles. The maximum Gasteiger partial charge on any atom is 0.0697 e. The number of hydrogen-bond acceptors (Lipinski definition) is 4. The first-order valence-corrected chi connectivity index (χ1v) is 8.95. The number of pyridine rings is 1. The Morgan fingerprint density at radius 3 is 2.72 bits per heavy atom. The summed E-state index contributed by atoms with van der Waals surface area (Å²) >= 11 is 0. The Kier molecular flexibility index (Phi) is 4.57. The molecule has 0 unspecified atom stereocenters. The molecule has 128 valence electrons. The molecule has 0 radical (unpaired) electrons. The number of nitrogens with one attached hydrogen (secondary N) is 1. The SMILES string of the molecule is C[C@H](N[C@H]1CCc2cccnc2CC1)c1ccc(-n2ccnn2)cc1. The van der Waals surface area contributed by atoms with Gasteiger partial charge in [-0.2, -0.15) is 0 Å². The molecule has 5 heteroatoms. The first-order chi connectivity index (χ1) is 12.3. The van der Waals surface area contributed by atoms with Gasteiger partial charge in [0.1, 0.15) is 0 Å². The fourth-order valence-corrected chi connectivity index (χ4v) is 3.59. The van der Waals surface area contributed by atoms with Crippen LogP contribution >= 0.6 is 0 Å². The lowest BCUT2D eigenvalue weighted by Crippen LogP contribution is -2.31. The third-order valence-electron chi connectivity index (χ3n) is 5.04. The van der Waals surface area contributed by atoms with Gasteiger partial charge in [0.25, 0.3) is 0 Å². The van der Waals surface area contributed by atoms with Gasteiger partial charge >= 0.3 is 0 Å². The van der Waals surface area contributed by atoms with Crippen molar-refractivity contribution in [1.29, 1.82) is 0 Å². The third-order valence-corrected chi connectivity index (χ3v) is 5.04. The predicted octanol–water partition coefficient (Wildman–Crippen LogP) is 3.26. The normalized spacial score (nSPS) is 18.4. The highest BCUT2D eigenvalue weighted by molar-refractivity contribution is 5.34. The van der Waals surface area contributed by atoms with Gasteiger partial charge in [0.15, 0.2) is 0 Å². The molecule has 0 amide bonds. The van der Waals surface area contributed by atoms with Gasteiger partial charge < -0.3 is 5.32 Å². The van der Waals surface area contributed by atoms with Crippen molar-refractivity contribution in [3.05, 3.63) is 71.8 Å². The Balaban J connectivity index is 1.39. The summed E-state index contributed by atoms with van der Waals surface area (Å²) in [6.45, 7) is 2.24. The van der Waals surface area contributed by atoms with Gasteiger partial charge in [0, 0.05) is 24.0 Å². The number of rotatable bonds is 4. The average molecular weight is 333 g/mol. The lowest BCUT2D eigenvalue weighted by Gasteiger charge is -2.22. The molecule has 2 atom stereocenters. The highest BCUT2D eigenvalue weighted by Gasteiger charge is 2.18. The van der Waals surface area contributed by atoms with Crippen LogP contribution in [0.5, 0.6) is 0 Å². The molecule has 0 saturated carbocycles. The molecule has 0 saturated heterocycles. The van der Waals surface area contributed by atoms with Crippen molar-refractivity contribution in [3.8, 4) is 5.69 Å². The molecule has 1 N–H and O–H groups in total. The fourth-order valence-electron chi connectivity index (χ4n) is 3.59. The molecule has 0 bridgehead atoms. The average Bonchev–Trinajstić information content (AvgIpc) is 3.12. The van der Waals surface area contributed by atoms with E-state index in [0.29, 0.717) is 12.1 Å². The van der Waals surface area contributed by atoms with E-state index in [1.165, 1.54) is 23.2 Å². The first kappa shape index (κ1) is 16.0. The van der Waals surface area contributed by atoms with Crippen LogP contribution in [0.1, 0.15) is 42.6 Å². The lowest BCUT2D eigenvalue weighted by atomic mass is 10.0. The molecule has 0 fully saturated rings. The Morgan fingerprint density at radius 1 is 1.08 bits per heavy atom. The minimum absolute atomic E-state index is 0.323. The van der Waals surface area contributed by atoms with E-state index < -0.39 is 0 Å². The van der Waals surface area contributed by atoms with Gasteiger partial charge in [-0.05, 0) is 61.9 Å². The second kappa shape index (κ2) is 7.15. The van der Waals surface area contributed by atoms with Crippen LogP contribution in [0.4, 0.5) is 0 Å². The largest absolute Gasteiger partial charge is 0.307 e. The summed E-state index contributed by atoms with van der Waals surface area (Å²) in [4.78, 5) is 4.54. The predicted molar refractivity (Wildman–Crippen MR) is 97.6 cm³/mol. The quantitative estimate of drug-likeness (QED) is 0.745. The van der Waals surface area contributed by atoms with E-state index in [4.69, 9.17) is 0 Å². The van der Waals surface area contributed by atoms with Crippen molar-refractivity contribution in [2.24, 2.45) is 0 Å². The van der Waals surface area contributed by atoms with E-state index in [1.54, 1.807) is 10.9 Å². The van der Waals surface area contributed by atoms with Crippen molar-refractivity contribution in [2.45, 2.75) is 44.7 Å². The molecule has 1 aliphatic rings. The minimum Gasteiger partial charge on any atom is -0.307 e. The Morgan fingerprint density at radius 2 is 1.92 bits per heavy atom. The molecule has 0 spiro atoms. The van der Waals surface area contributed by atoms with Crippen LogP contribution in [0.15, 0.2) is 55.0 Å². The monoisotopic (exact) mass is 333 g/mol. The van der Waals surface area contributed by atoms with E-state index in [1.807, 2.05) is 18.5 Å².